The smallest absolute Gasteiger partial charge is 0.0968 e. The topological polar surface area (TPSA) is 38.4 Å². The van der Waals surface area contributed by atoms with Crippen LogP contribution in [0.5, 0.6) is 0 Å². The van der Waals surface area contributed by atoms with Crippen LogP contribution in [-0.4, -0.2) is 11.9 Å². The summed E-state index contributed by atoms with van der Waals surface area (Å²) in [6, 6.07) is 0. The molecule has 0 radical (unpaired) electrons. The van der Waals surface area contributed by atoms with Crippen molar-refractivity contribution in [3.63, 3.8) is 0 Å². The highest BCUT2D eigenvalue weighted by atomic mass is 14.9. The summed E-state index contributed by atoms with van der Waals surface area (Å²) in [5.74, 6) is 0. The Bertz CT molecular complexity index is 118. The third-order valence-electron chi connectivity index (χ3n) is 1.67. The van der Waals surface area contributed by atoms with Crippen molar-refractivity contribution in [2.75, 3.05) is 0 Å². The van der Waals surface area contributed by atoms with E-state index in [4.69, 9.17) is 5.73 Å². The highest BCUT2D eigenvalue weighted by molar-refractivity contribution is 5.82. The molecule has 0 amide bonds. The molecule has 0 aromatic heterocycles. The van der Waals surface area contributed by atoms with Crippen LogP contribution in [0.4, 0.5) is 0 Å². The van der Waals surface area contributed by atoms with E-state index in [1.807, 2.05) is 0 Å². The summed E-state index contributed by atoms with van der Waals surface area (Å²) in [5, 5.41) is 0. The van der Waals surface area contributed by atoms with E-state index < -0.39 is 0 Å². The van der Waals surface area contributed by atoms with Crippen molar-refractivity contribution >= 4 is 5.71 Å². The van der Waals surface area contributed by atoms with E-state index in [1.165, 1.54) is 18.6 Å². The van der Waals surface area contributed by atoms with Gasteiger partial charge in [-0.05, 0) is 32.6 Å². The Labute approximate surface area is 56.2 Å². The first-order valence-electron chi connectivity index (χ1n) is 3.58. The summed E-state index contributed by atoms with van der Waals surface area (Å²) in [7, 11) is 0. The number of hydrogen-bond donors (Lipinski definition) is 1. The van der Waals surface area contributed by atoms with Crippen LogP contribution < -0.4 is 5.73 Å². The zero-order valence-electron chi connectivity index (χ0n) is 5.93. The van der Waals surface area contributed by atoms with Crippen molar-refractivity contribution in [1.82, 2.24) is 0 Å². The van der Waals surface area contributed by atoms with Crippen molar-refractivity contribution in [3.8, 4) is 0 Å². The molecule has 2 N–H and O–H groups in total. The van der Waals surface area contributed by atoms with Gasteiger partial charge in [0.25, 0.3) is 0 Å². The Morgan fingerprint density at radius 1 is 1.56 bits per heavy atom. The van der Waals surface area contributed by atoms with Crippen LogP contribution >= 0.6 is 0 Å². The van der Waals surface area contributed by atoms with Gasteiger partial charge >= 0.3 is 0 Å². The van der Waals surface area contributed by atoms with Gasteiger partial charge in [0.05, 0.1) is 6.17 Å². The van der Waals surface area contributed by atoms with Crippen LogP contribution in [0.25, 0.3) is 0 Å². The molecule has 0 spiro atoms. The van der Waals surface area contributed by atoms with E-state index in [0.717, 1.165) is 12.8 Å². The summed E-state index contributed by atoms with van der Waals surface area (Å²) in [5.41, 5.74) is 6.86. The van der Waals surface area contributed by atoms with Gasteiger partial charge < -0.3 is 5.73 Å². The minimum atomic E-state index is 0.0903. The maximum absolute atomic E-state index is 5.64. The molecule has 1 atom stereocenters. The molecule has 0 aromatic carbocycles. The maximum atomic E-state index is 5.64. The zero-order valence-corrected chi connectivity index (χ0v) is 5.93. The first kappa shape index (κ1) is 6.75. The van der Waals surface area contributed by atoms with Gasteiger partial charge in [0.15, 0.2) is 0 Å². The molecule has 1 rings (SSSR count). The van der Waals surface area contributed by atoms with Gasteiger partial charge in [-0.15, -0.1) is 0 Å². The first-order valence-corrected chi connectivity index (χ1v) is 3.58. The molecule has 1 aliphatic heterocycles. The van der Waals surface area contributed by atoms with Gasteiger partial charge in [-0.1, -0.05) is 0 Å². The lowest BCUT2D eigenvalue weighted by Gasteiger charge is -2.00. The number of rotatable bonds is 0. The fourth-order valence-corrected chi connectivity index (χ4v) is 1.15. The zero-order chi connectivity index (χ0) is 6.69. The minimum absolute atomic E-state index is 0.0903. The molecule has 0 saturated heterocycles. The van der Waals surface area contributed by atoms with E-state index in [0.29, 0.717) is 0 Å². The van der Waals surface area contributed by atoms with Gasteiger partial charge in [-0.25, -0.2) is 0 Å². The number of hydrogen-bond acceptors (Lipinski definition) is 2. The predicted molar refractivity (Wildman–Crippen MR) is 39.6 cm³/mol. The summed E-state index contributed by atoms with van der Waals surface area (Å²) in [4.78, 5) is 4.27. The Kier molecular flexibility index (Phi) is 2.22. The van der Waals surface area contributed by atoms with Gasteiger partial charge in [0.1, 0.15) is 0 Å². The summed E-state index contributed by atoms with van der Waals surface area (Å²) in [6.45, 7) is 2.06. The maximum Gasteiger partial charge on any atom is 0.0968 e. The van der Waals surface area contributed by atoms with E-state index in [1.54, 1.807) is 0 Å². The van der Waals surface area contributed by atoms with Crippen LogP contribution in [0.1, 0.15) is 32.6 Å². The fraction of sp³-hybridized carbons (Fsp3) is 0.857. The Hall–Kier alpha value is -0.370. The first-order chi connectivity index (χ1) is 4.29. The Morgan fingerprint density at radius 3 is 3.11 bits per heavy atom. The predicted octanol–water partition coefficient (Wildman–Crippen LogP) is 1.31. The Morgan fingerprint density at radius 2 is 2.33 bits per heavy atom. The molecule has 1 aliphatic rings. The second kappa shape index (κ2) is 2.97. The molecule has 2 nitrogen and oxygen atoms in total. The monoisotopic (exact) mass is 126 g/mol. The van der Waals surface area contributed by atoms with E-state index in [9.17, 15) is 0 Å². The van der Waals surface area contributed by atoms with Crippen LogP contribution in [0.2, 0.25) is 0 Å². The third kappa shape index (κ3) is 2.14. The number of aliphatic imine (C=N–C) groups is 1. The highest BCUT2D eigenvalue weighted by Gasteiger charge is 2.04. The average Bonchev–Trinajstić information content (AvgIpc) is 1.93. The normalized spacial score (nSPS) is 29.1. The standard InChI is InChI=1S/C7H14N2/c1-6-4-2-3-5-7(8)9-6/h7H,2-5,8H2,1H3. The summed E-state index contributed by atoms with van der Waals surface area (Å²) in [6.07, 6.45) is 4.81. The van der Waals surface area contributed by atoms with Gasteiger partial charge in [0.2, 0.25) is 0 Å². The second-order valence-electron chi connectivity index (χ2n) is 2.68. The van der Waals surface area contributed by atoms with Crippen LogP contribution in [0.3, 0.4) is 0 Å². The molecule has 1 heterocycles. The lowest BCUT2D eigenvalue weighted by molar-refractivity contribution is 0.609. The summed E-state index contributed by atoms with van der Waals surface area (Å²) >= 11 is 0. The molecule has 0 bridgehead atoms. The SMILES string of the molecule is CC1=NC(N)CCCC1. The van der Waals surface area contributed by atoms with Crippen molar-refractivity contribution in [1.29, 1.82) is 0 Å². The summed E-state index contributed by atoms with van der Waals surface area (Å²) < 4.78 is 0. The average molecular weight is 126 g/mol. The molecule has 9 heavy (non-hydrogen) atoms. The van der Waals surface area contributed by atoms with E-state index in [-0.39, 0.29) is 6.17 Å². The molecule has 1 unspecified atom stereocenters. The van der Waals surface area contributed by atoms with Crippen molar-refractivity contribution in [2.45, 2.75) is 38.8 Å². The largest absolute Gasteiger partial charge is 0.310 e. The van der Waals surface area contributed by atoms with Crippen LogP contribution in [-0.2, 0) is 0 Å². The van der Waals surface area contributed by atoms with E-state index in [2.05, 4.69) is 11.9 Å². The van der Waals surface area contributed by atoms with Crippen LogP contribution in [0.15, 0.2) is 4.99 Å². The van der Waals surface area contributed by atoms with Gasteiger partial charge in [0, 0.05) is 5.71 Å². The fourth-order valence-electron chi connectivity index (χ4n) is 1.15. The third-order valence-corrected chi connectivity index (χ3v) is 1.67. The van der Waals surface area contributed by atoms with Crippen molar-refractivity contribution in [3.05, 3.63) is 0 Å². The molecule has 0 aliphatic carbocycles. The number of nitrogens with zero attached hydrogens (tertiary/aromatic N) is 1. The lowest BCUT2D eigenvalue weighted by Crippen LogP contribution is -2.16. The van der Waals surface area contributed by atoms with Gasteiger partial charge in [-0.2, -0.15) is 0 Å². The molecular formula is C7H14N2. The molecule has 52 valence electrons. The quantitative estimate of drug-likeness (QED) is 0.522. The second-order valence-corrected chi connectivity index (χ2v) is 2.68. The van der Waals surface area contributed by atoms with Gasteiger partial charge in [-0.3, -0.25) is 4.99 Å². The van der Waals surface area contributed by atoms with Crippen molar-refractivity contribution < 1.29 is 0 Å². The van der Waals surface area contributed by atoms with Crippen molar-refractivity contribution in [2.24, 2.45) is 10.7 Å². The highest BCUT2D eigenvalue weighted by Crippen LogP contribution is 2.09. The Balaban J connectivity index is 2.49. The lowest BCUT2D eigenvalue weighted by atomic mass is 10.2. The minimum Gasteiger partial charge on any atom is -0.310 e. The molecule has 2 heteroatoms. The van der Waals surface area contributed by atoms with Crippen LogP contribution in [0, 0.1) is 0 Å². The molecule has 0 saturated carbocycles. The molecular weight excluding hydrogens is 112 g/mol. The number of nitrogens with two attached hydrogens (primary N) is 1. The molecule has 0 fully saturated rings. The molecule has 0 aromatic rings. The van der Waals surface area contributed by atoms with E-state index >= 15 is 0 Å².